The predicted octanol–water partition coefficient (Wildman–Crippen LogP) is 1.26. The van der Waals surface area contributed by atoms with Crippen molar-refractivity contribution < 1.29 is 9.46 Å². The number of nitrogens with zero attached hydrogens (tertiary/aromatic N) is 2. The van der Waals surface area contributed by atoms with Gasteiger partial charge in [0, 0.05) is 31.2 Å². The molecule has 2 aromatic heterocycles. The Hall–Kier alpha value is -2.10. The van der Waals surface area contributed by atoms with Crippen LogP contribution in [-0.2, 0) is 0 Å². The molecule has 0 bridgehead atoms. The topological polar surface area (TPSA) is 53.9 Å². The molecule has 2 heterocycles. The van der Waals surface area contributed by atoms with E-state index in [1.807, 2.05) is 13.0 Å². The highest BCUT2D eigenvalue weighted by Crippen LogP contribution is 1.87. The second-order valence-corrected chi connectivity index (χ2v) is 3.40. The van der Waals surface area contributed by atoms with Crippen LogP contribution in [-0.4, -0.2) is 0 Å². The molecule has 2 aromatic rings. The van der Waals surface area contributed by atoms with Crippen LogP contribution in [0.4, 0.5) is 0 Å². The molecule has 0 saturated carbocycles. The third-order valence-corrected chi connectivity index (χ3v) is 1.99. The fourth-order valence-corrected chi connectivity index (χ4v) is 1.00. The highest BCUT2D eigenvalue weighted by molar-refractivity contribution is 5.03. The zero-order chi connectivity index (χ0) is 12.0. The number of hydrogen-bond acceptors (Lipinski definition) is 2. The van der Waals surface area contributed by atoms with Crippen LogP contribution in [0.2, 0.25) is 0 Å². The molecule has 16 heavy (non-hydrogen) atoms. The molecule has 2 rings (SSSR count). The van der Waals surface area contributed by atoms with Gasteiger partial charge in [-0.1, -0.05) is 6.07 Å². The molecule has 0 N–H and O–H groups in total. The average Bonchev–Trinajstić information content (AvgIpc) is 2.28. The summed E-state index contributed by atoms with van der Waals surface area (Å²) in [7, 11) is 0. The van der Waals surface area contributed by atoms with Crippen molar-refractivity contribution >= 4 is 0 Å². The van der Waals surface area contributed by atoms with Gasteiger partial charge in [0.2, 0.25) is 0 Å². The maximum atomic E-state index is 10.5. The Balaban J connectivity index is 0.000000160. The maximum absolute atomic E-state index is 10.5. The van der Waals surface area contributed by atoms with Gasteiger partial charge in [-0.3, -0.25) is 0 Å². The summed E-state index contributed by atoms with van der Waals surface area (Å²) in [6.45, 7) is 3.72. The zero-order valence-corrected chi connectivity index (χ0v) is 9.33. The zero-order valence-electron chi connectivity index (χ0n) is 9.33. The van der Waals surface area contributed by atoms with E-state index in [9.17, 15) is 10.4 Å². The summed E-state index contributed by atoms with van der Waals surface area (Å²) < 4.78 is 1.60. The predicted molar refractivity (Wildman–Crippen MR) is 60.3 cm³/mol. The van der Waals surface area contributed by atoms with Crippen LogP contribution >= 0.6 is 0 Å². The third kappa shape index (κ3) is 3.96. The molecule has 4 heteroatoms. The van der Waals surface area contributed by atoms with Crippen LogP contribution in [0.5, 0.6) is 0 Å². The average molecular weight is 218 g/mol. The summed E-state index contributed by atoms with van der Waals surface area (Å²) >= 11 is 0. The highest BCUT2D eigenvalue weighted by atomic mass is 16.5. The molecule has 0 aliphatic rings. The molecule has 0 aliphatic heterocycles. The summed E-state index contributed by atoms with van der Waals surface area (Å²) in [4.78, 5) is 0. The van der Waals surface area contributed by atoms with Crippen molar-refractivity contribution in [2.75, 3.05) is 0 Å². The van der Waals surface area contributed by atoms with Gasteiger partial charge in [0.25, 0.3) is 0 Å². The number of hydrogen-bond donors (Lipinski definition) is 0. The molecular weight excluding hydrogens is 204 g/mol. The van der Waals surface area contributed by atoms with E-state index < -0.39 is 0 Å². The van der Waals surface area contributed by atoms with Crippen LogP contribution in [0, 0.1) is 24.3 Å². The van der Waals surface area contributed by atoms with Crippen molar-refractivity contribution in [1.29, 1.82) is 0 Å². The Morgan fingerprint density at radius 1 is 0.875 bits per heavy atom. The molecule has 4 nitrogen and oxygen atoms in total. The Morgan fingerprint density at radius 3 is 1.88 bits per heavy atom. The van der Waals surface area contributed by atoms with Gasteiger partial charge in [-0.05, 0) is 12.5 Å². The SMILES string of the molecule is Cc1cc[n+]([O-])cc1.Cc1cccc[n+]1[O-]. The smallest absolute Gasteiger partial charge is 0.189 e. The lowest BCUT2D eigenvalue weighted by molar-refractivity contribution is -0.612. The molecule has 84 valence electrons. The molecular formula is C12H14N2O2. The Morgan fingerprint density at radius 2 is 1.50 bits per heavy atom. The Bertz CT molecular complexity index is 399. The molecule has 0 spiro atoms. The second kappa shape index (κ2) is 5.70. The molecule has 0 aliphatic carbocycles. The number of aryl methyl sites for hydroxylation is 2. The van der Waals surface area contributed by atoms with E-state index in [0.29, 0.717) is 0 Å². The third-order valence-electron chi connectivity index (χ3n) is 1.99. The fraction of sp³-hybridized carbons (Fsp3) is 0.167. The quantitative estimate of drug-likeness (QED) is 0.493. The van der Waals surface area contributed by atoms with Gasteiger partial charge >= 0.3 is 0 Å². The Labute approximate surface area is 94.6 Å². The van der Waals surface area contributed by atoms with Gasteiger partial charge < -0.3 is 10.4 Å². The van der Waals surface area contributed by atoms with Gasteiger partial charge in [0.05, 0.1) is 0 Å². The molecule has 0 amide bonds. The minimum absolute atomic E-state index is 0.729. The van der Waals surface area contributed by atoms with E-state index in [1.54, 1.807) is 31.2 Å². The van der Waals surface area contributed by atoms with Crippen LogP contribution in [0.3, 0.4) is 0 Å². The van der Waals surface area contributed by atoms with E-state index in [0.717, 1.165) is 20.7 Å². The lowest BCUT2D eigenvalue weighted by Gasteiger charge is -1.95. The van der Waals surface area contributed by atoms with Crippen LogP contribution < -0.4 is 9.46 Å². The molecule has 0 saturated heterocycles. The van der Waals surface area contributed by atoms with Crippen LogP contribution in [0.15, 0.2) is 48.9 Å². The first-order valence-electron chi connectivity index (χ1n) is 4.90. The van der Waals surface area contributed by atoms with Crippen LogP contribution in [0.25, 0.3) is 0 Å². The normalized spacial score (nSPS) is 9.12. The van der Waals surface area contributed by atoms with Crippen LogP contribution in [0.1, 0.15) is 11.3 Å². The summed E-state index contributed by atoms with van der Waals surface area (Å²) in [5, 5.41) is 20.9. The summed E-state index contributed by atoms with van der Waals surface area (Å²) in [5.41, 5.74) is 1.84. The van der Waals surface area contributed by atoms with Crippen molar-refractivity contribution in [2.45, 2.75) is 13.8 Å². The number of aromatic nitrogens is 2. The largest absolute Gasteiger partial charge is 0.619 e. The summed E-state index contributed by atoms with van der Waals surface area (Å²) in [6, 6.07) is 8.86. The van der Waals surface area contributed by atoms with Crippen molar-refractivity contribution in [2.24, 2.45) is 0 Å². The van der Waals surface area contributed by atoms with E-state index in [1.165, 1.54) is 18.6 Å². The minimum Gasteiger partial charge on any atom is -0.619 e. The minimum atomic E-state index is 0.729. The van der Waals surface area contributed by atoms with E-state index in [4.69, 9.17) is 0 Å². The van der Waals surface area contributed by atoms with Crippen molar-refractivity contribution in [3.63, 3.8) is 0 Å². The van der Waals surface area contributed by atoms with Gasteiger partial charge in [0.1, 0.15) is 0 Å². The van der Waals surface area contributed by atoms with Crippen molar-refractivity contribution in [3.05, 3.63) is 70.6 Å². The van der Waals surface area contributed by atoms with Crippen molar-refractivity contribution in [1.82, 2.24) is 0 Å². The lowest BCUT2D eigenvalue weighted by Crippen LogP contribution is -2.28. The first-order chi connectivity index (χ1) is 7.59. The highest BCUT2D eigenvalue weighted by Gasteiger charge is 1.89. The Kier molecular flexibility index (Phi) is 4.27. The van der Waals surface area contributed by atoms with Crippen molar-refractivity contribution in [3.8, 4) is 0 Å². The fourth-order valence-electron chi connectivity index (χ4n) is 1.00. The standard InChI is InChI=1S/2C6H7NO/c1-6-2-4-7(8)5-3-6;1-6-4-2-3-5-7(6)8/h2*2-5H,1H3. The lowest BCUT2D eigenvalue weighted by atomic mass is 10.3. The maximum Gasteiger partial charge on any atom is 0.189 e. The summed E-state index contributed by atoms with van der Waals surface area (Å²) in [6.07, 6.45) is 4.44. The second-order valence-electron chi connectivity index (χ2n) is 3.40. The van der Waals surface area contributed by atoms with Gasteiger partial charge in [0.15, 0.2) is 24.3 Å². The monoisotopic (exact) mass is 218 g/mol. The van der Waals surface area contributed by atoms with E-state index in [-0.39, 0.29) is 0 Å². The molecule has 0 radical (unpaired) electrons. The molecule has 0 atom stereocenters. The van der Waals surface area contributed by atoms with Gasteiger partial charge in [-0.15, -0.1) is 0 Å². The van der Waals surface area contributed by atoms with E-state index >= 15 is 0 Å². The number of pyridine rings is 2. The number of rotatable bonds is 0. The molecule has 0 aromatic carbocycles. The first kappa shape index (κ1) is 12.0. The van der Waals surface area contributed by atoms with E-state index in [2.05, 4.69) is 0 Å². The molecule has 0 fully saturated rings. The van der Waals surface area contributed by atoms with Gasteiger partial charge in [-0.25, -0.2) is 0 Å². The summed E-state index contributed by atoms with van der Waals surface area (Å²) in [5.74, 6) is 0. The van der Waals surface area contributed by atoms with Gasteiger partial charge in [-0.2, -0.15) is 9.46 Å². The first-order valence-corrected chi connectivity index (χ1v) is 4.90. The molecule has 0 unspecified atom stereocenters.